The number of hydrogen-bond acceptors (Lipinski definition) is 9. The van der Waals surface area contributed by atoms with Crippen molar-refractivity contribution in [2.45, 2.75) is 38.7 Å². The summed E-state index contributed by atoms with van der Waals surface area (Å²) in [6, 6.07) is 1.68. The number of aliphatic hydroxyl groups is 3. The maximum Gasteiger partial charge on any atom is 0.469 e. The average molecular weight is 488 g/mol. The normalized spacial score (nSPS) is 15.2. The Morgan fingerprint density at radius 3 is 2.47 bits per heavy atom. The summed E-state index contributed by atoms with van der Waals surface area (Å²) in [6.45, 7) is 2.17. The van der Waals surface area contributed by atoms with Crippen LogP contribution in [0, 0.1) is 18.4 Å². The standard InChI is InChI=1S/C17H21N4O9PS/c1-6-3-8-11(14(32)7(6)2)18-12-15(19-17(26)20-16(12)25)21(8)4-9(22)13(24)10(23)5-30-31(27,28)29/h3,9-10,13,22-24H,4-5H2,1-2H3,(H2,27,28,29)(H2,19,20,25,26)/t9-,10+,13-/m0/s1. The van der Waals surface area contributed by atoms with E-state index in [1.807, 2.05) is 0 Å². The number of hydrogen-bond donors (Lipinski definition) is 7. The Balaban J connectivity index is 2.13. The molecule has 0 saturated carbocycles. The van der Waals surface area contributed by atoms with Crippen molar-refractivity contribution in [2.75, 3.05) is 6.61 Å². The molecule has 1 aliphatic carbocycles. The molecular weight excluding hydrogens is 467 g/mol. The second-order valence-corrected chi connectivity index (χ2v) is 8.90. The fraction of sp³-hybridized carbons (Fsp3) is 0.412. The van der Waals surface area contributed by atoms with E-state index in [1.54, 1.807) is 19.9 Å². The summed E-state index contributed by atoms with van der Waals surface area (Å²) < 4.78 is 16.6. The quantitative estimate of drug-likeness (QED) is 0.122. The molecule has 0 bridgehead atoms. The number of aromatic amines is 2. The van der Waals surface area contributed by atoms with Gasteiger partial charge in [-0.3, -0.25) is 19.3 Å². The Bertz CT molecular complexity index is 1360. The van der Waals surface area contributed by atoms with E-state index in [0.717, 1.165) is 11.1 Å². The molecule has 1 aromatic rings. The molecule has 0 fully saturated rings. The minimum absolute atomic E-state index is 0.0592. The summed E-state index contributed by atoms with van der Waals surface area (Å²) >= 11 is 5.45. The van der Waals surface area contributed by atoms with Gasteiger partial charge in [0.2, 0.25) is 0 Å². The van der Waals surface area contributed by atoms with E-state index < -0.39 is 50.5 Å². The Morgan fingerprint density at radius 2 is 1.84 bits per heavy atom. The van der Waals surface area contributed by atoms with E-state index in [1.165, 1.54) is 4.57 Å². The van der Waals surface area contributed by atoms with Crippen LogP contribution >= 0.6 is 20.0 Å². The van der Waals surface area contributed by atoms with Gasteiger partial charge >= 0.3 is 13.5 Å². The molecule has 3 rings (SSSR count). The van der Waals surface area contributed by atoms with E-state index in [-0.39, 0.29) is 16.9 Å². The van der Waals surface area contributed by atoms with Gasteiger partial charge in [-0.1, -0.05) is 12.2 Å². The largest absolute Gasteiger partial charge is 0.469 e. The number of aromatic nitrogens is 4. The second-order valence-electron chi connectivity index (χ2n) is 7.25. The number of H-pyrrole nitrogens is 2. The Morgan fingerprint density at radius 1 is 1.19 bits per heavy atom. The number of rotatable bonds is 7. The van der Waals surface area contributed by atoms with Gasteiger partial charge in [0.1, 0.15) is 29.7 Å². The highest BCUT2D eigenvalue weighted by molar-refractivity contribution is 7.71. The van der Waals surface area contributed by atoms with Crippen molar-refractivity contribution in [1.29, 1.82) is 0 Å². The van der Waals surface area contributed by atoms with Crippen LogP contribution in [0.4, 0.5) is 0 Å². The minimum atomic E-state index is -4.90. The molecule has 0 unspecified atom stereocenters. The first-order valence-corrected chi connectivity index (χ1v) is 11.2. The highest BCUT2D eigenvalue weighted by Crippen LogP contribution is 2.36. The SMILES string of the molecule is Cc1cc2n(C[C@H](O)[C@H](O)[C@H](O)COP(=O)(O)O)c3[nH]c(=O)[nH]c(=O)c3nc-2c(=S)c1C. The molecule has 0 spiro atoms. The van der Waals surface area contributed by atoms with Gasteiger partial charge in [0.25, 0.3) is 5.56 Å². The van der Waals surface area contributed by atoms with Crippen LogP contribution in [0.2, 0.25) is 0 Å². The van der Waals surface area contributed by atoms with E-state index in [2.05, 4.69) is 19.5 Å². The molecule has 32 heavy (non-hydrogen) atoms. The number of fused-ring (bicyclic) bond motifs is 2. The van der Waals surface area contributed by atoms with Crippen molar-refractivity contribution in [1.82, 2.24) is 19.5 Å². The van der Waals surface area contributed by atoms with Crippen LogP contribution in [-0.4, -0.2) is 69.5 Å². The fourth-order valence-corrected chi connectivity index (χ4v) is 3.84. The average Bonchev–Trinajstić information content (AvgIpc) is 2.70. The highest BCUT2D eigenvalue weighted by Gasteiger charge is 2.29. The molecule has 3 atom stereocenters. The lowest BCUT2D eigenvalue weighted by Gasteiger charge is -2.26. The first-order chi connectivity index (χ1) is 14.8. The fourth-order valence-electron chi connectivity index (χ4n) is 3.18. The summed E-state index contributed by atoms with van der Waals surface area (Å²) in [5, 5.41) is 30.7. The monoisotopic (exact) mass is 488 g/mol. The highest BCUT2D eigenvalue weighted by atomic mass is 32.1. The first kappa shape index (κ1) is 24.4. The van der Waals surface area contributed by atoms with Gasteiger partial charge in [-0.05, 0) is 31.0 Å². The van der Waals surface area contributed by atoms with Gasteiger partial charge in [0.05, 0.1) is 23.4 Å². The van der Waals surface area contributed by atoms with Crippen molar-refractivity contribution in [3.05, 3.63) is 42.5 Å². The van der Waals surface area contributed by atoms with E-state index in [9.17, 15) is 29.5 Å². The third-order valence-electron chi connectivity index (χ3n) is 5.00. The number of aliphatic hydroxyl groups excluding tert-OH is 3. The summed E-state index contributed by atoms with van der Waals surface area (Å²) in [6.07, 6.45) is -5.45. The van der Waals surface area contributed by atoms with Crippen molar-refractivity contribution < 1.29 is 34.2 Å². The number of benzene rings is 1. The van der Waals surface area contributed by atoms with Crippen LogP contribution in [-0.2, 0) is 15.6 Å². The number of phosphoric ester groups is 1. The molecule has 174 valence electrons. The Hall–Kier alpha value is -2.29. The van der Waals surface area contributed by atoms with E-state index >= 15 is 0 Å². The van der Waals surface area contributed by atoms with Crippen LogP contribution in [0.5, 0.6) is 0 Å². The van der Waals surface area contributed by atoms with Crippen LogP contribution in [0.25, 0.3) is 22.6 Å². The smallest absolute Gasteiger partial charge is 0.388 e. The van der Waals surface area contributed by atoms with Gasteiger partial charge < -0.3 is 29.7 Å². The molecular formula is C17H21N4O9PS. The molecule has 2 aliphatic rings. The van der Waals surface area contributed by atoms with Crippen molar-refractivity contribution >= 4 is 31.2 Å². The number of nitrogens with one attached hydrogen (secondary N) is 2. The van der Waals surface area contributed by atoms with E-state index in [0.29, 0.717) is 10.2 Å². The van der Waals surface area contributed by atoms with Crippen LogP contribution in [0.15, 0.2) is 15.7 Å². The predicted octanol–water partition coefficient (Wildman–Crippen LogP) is -0.944. The van der Waals surface area contributed by atoms with Crippen molar-refractivity contribution in [3.8, 4) is 11.4 Å². The zero-order valence-electron chi connectivity index (χ0n) is 16.8. The third-order valence-corrected chi connectivity index (χ3v) is 5.98. The Labute approximate surface area is 184 Å². The van der Waals surface area contributed by atoms with Crippen molar-refractivity contribution in [2.24, 2.45) is 0 Å². The molecule has 13 nitrogen and oxygen atoms in total. The molecule has 0 radical (unpaired) electrons. The molecule has 7 N–H and O–H groups in total. The second kappa shape index (κ2) is 8.92. The maximum absolute atomic E-state index is 12.3. The van der Waals surface area contributed by atoms with Crippen LogP contribution in [0.3, 0.4) is 0 Å². The molecule has 2 heterocycles. The maximum atomic E-state index is 12.3. The van der Waals surface area contributed by atoms with Gasteiger partial charge in [0.15, 0.2) is 5.52 Å². The zero-order valence-corrected chi connectivity index (χ0v) is 18.6. The zero-order chi connectivity index (χ0) is 24.0. The summed E-state index contributed by atoms with van der Waals surface area (Å²) in [7, 11) is -4.90. The van der Waals surface area contributed by atoms with Gasteiger partial charge in [-0.25, -0.2) is 14.3 Å². The number of nitrogens with zero attached hydrogens (tertiary/aromatic N) is 2. The summed E-state index contributed by atoms with van der Waals surface area (Å²) in [5.41, 5.74) is 0.267. The predicted molar refractivity (Wildman–Crippen MR) is 114 cm³/mol. The van der Waals surface area contributed by atoms with Crippen LogP contribution in [0.1, 0.15) is 11.1 Å². The lowest BCUT2D eigenvalue weighted by atomic mass is 10.0. The topological polar surface area (TPSA) is 211 Å². The number of aryl methyl sites for hydroxylation is 1. The van der Waals surface area contributed by atoms with E-state index in [4.69, 9.17) is 22.0 Å². The van der Waals surface area contributed by atoms with Gasteiger partial charge in [-0.15, -0.1) is 0 Å². The molecule has 0 aromatic carbocycles. The molecule has 1 aromatic heterocycles. The van der Waals surface area contributed by atoms with Crippen molar-refractivity contribution in [3.63, 3.8) is 0 Å². The van der Waals surface area contributed by atoms with Crippen LogP contribution < -0.4 is 11.2 Å². The lowest BCUT2D eigenvalue weighted by molar-refractivity contribution is -0.0792. The van der Waals surface area contributed by atoms with Gasteiger partial charge in [0, 0.05) is 0 Å². The summed E-state index contributed by atoms with van der Waals surface area (Å²) in [5.74, 6) is 0. The minimum Gasteiger partial charge on any atom is -0.388 e. The molecule has 1 aliphatic heterocycles. The summed E-state index contributed by atoms with van der Waals surface area (Å²) in [4.78, 5) is 50.5. The molecule has 0 amide bonds. The third kappa shape index (κ3) is 4.87. The Kier molecular flexibility index (Phi) is 6.79. The van der Waals surface area contributed by atoms with Gasteiger partial charge in [-0.2, -0.15) is 0 Å². The first-order valence-electron chi connectivity index (χ1n) is 9.21. The lowest BCUT2D eigenvalue weighted by Crippen LogP contribution is -2.42. The molecule has 0 saturated heterocycles. The number of phosphoric acid groups is 1. The molecule has 15 heteroatoms.